The second kappa shape index (κ2) is 6.67. The standard InChI is InChI=1S/C17H26N4O3/c1-17(2,3)14-13(8-9-21(14)16(23)24)20(5)11-6-7-12(19-10-11)15(22)18-4/h6-7,10,13-14H,8-9H2,1-5H3,(H,18,22)(H,23,24)/t13-,14?/m1/s1. The molecule has 2 heterocycles. The number of aromatic nitrogens is 1. The lowest BCUT2D eigenvalue weighted by molar-refractivity contribution is 0.0957. The molecule has 7 heteroatoms. The topological polar surface area (TPSA) is 85.8 Å². The lowest BCUT2D eigenvalue weighted by Gasteiger charge is -2.41. The number of nitrogens with zero attached hydrogens (tertiary/aromatic N) is 3. The Kier molecular flexibility index (Phi) is 5.01. The van der Waals surface area contributed by atoms with Crippen molar-refractivity contribution in [1.82, 2.24) is 15.2 Å². The van der Waals surface area contributed by atoms with E-state index < -0.39 is 6.09 Å². The Morgan fingerprint density at radius 1 is 1.38 bits per heavy atom. The van der Waals surface area contributed by atoms with Crippen LogP contribution in [0.4, 0.5) is 10.5 Å². The molecule has 1 aromatic heterocycles. The number of carbonyl (C=O) groups is 2. The van der Waals surface area contributed by atoms with Gasteiger partial charge in [0.25, 0.3) is 5.91 Å². The van der Waals surface area contributed by atoms with Gasteiger partial charge in [-0.3, -0.25) is 4.79 Å². The summed E-state index contributed by atoms with van der Waals surface area (Å²) in [6.45, 7) is 6.71. The molecular formula is C17H26N4O3. The number of rotatable bonds is 3. The van der Waals surface area contributed by atoms with Crippen LogP contribution in [0.3, 0.4) is 0 Å². The first kappa shape index (κ1) is 18.0. The molecule has 0 aromatic carbocycles. The number of anilines is 1. The molecule has 7 nitrogen and oxygen atoms in total. The van der Waals surface area contributed by atoms with Crippen LogP contribution in [0.1, 0.15) is 37.7 Å². The van der Waals surface area contributed by atoms with Crippen LogP contribution < -0.4 is 10.2 Å². The Hall–Kier alpha value is -2.31. The van der Waals surface area contributed by atoms with Crippen molar-refractivity contribution < 1.29 is 14.7 Å². The predicted octanol–water partition coefficient (Wildman–Crippen LogP) is 2.04. The largest absolute Gasteiger partial charge is 0.465 e. The van der Waals surface area contributed by atoms with Gasteiger partial charge in [0.15, 0.2) is 0 Å². The van der Waals surface area contributed by atoms with Gasteiger partial charge in [0.1, 0.15) is 5.69 Å². The lowest BCUT2D eigenvalue weighted by Crippen LogP contribution is -2.52. The summed E-state index contributed by atoms with van der Waals surface area (Å²) >= 11 is 0. The van der Waals surface area contributed by atoms with Crippen LogP contribution in [0.5, 0.6) is 0 Å². The van der Waals surface area contributed by atoms with E-state index in [0.717, 1.165) is 12.1 Å². The molecule has 0 radical (unpaired) electrons. The maximum atomic E-state index is 11.6. The van der Waals surface area contributed by atoms with E-state index in [-0.39, 0.29) is 23.4 Å². The van der Waals surface area contributed by atoms with Crippen LogP contribution in [0.25, 0.3) is 0 Å². The third kappa shape index (κ3) is 3.44. The molecule has 2 rings (SSSR count). The number of hydrogen-bond donors (Lipinski definition) is 2. The summed E-state index contributed by atoms with van der Waals surface area (Å²) in [6.07, 6.45) is 1.55. The number of hydrogen-bond acceptors (Lipinski definition) is 4. The molecule has 24 heavy (non-hydrogen) atoms. The fourth-order valence-electron chi connectivity index (χ4n) is 3.49. The Balaban J connectivity index is 2.26. The molecule has 1 unspecified atom stereocenters. The van der Waals surface area contributed by atoms with Crippen molar-refractivity contribution >= 4 is 17.7 Å². The molecule has 1 aromatic rings. The fraction of sp³-hybridized carbons (Fsp3) is 0.588. The summed E-state index contributed by atoms with van der Waals surface area (Å²) < 4.78 is 0. The summed E-state index contributed by atoms with van der Waals surface area (Å²) in [5.74, 6) is -0.227. The second-order valence-corrected chi connectivity index (χ2v) is 7.23. The van der Waals surface area contributed by atoms with Crippen molar-refractivity contribution in [3.8, 4) is 0 Å². The van der Waals surface area contributed by atoms with E-state index in [1.807, 2.05) is 13.1 Å². The van der Waals surface area contributed by atoms with E-state index in [4.69, 9.17) is 0 Å². The van der Waals surface area contributed by atoms with E-state index in [9.17, 15) is 14.7 Å². The van der Waals surface area contributed by atoms with E-state index in [1.165, 1.54) is 4.90 Å². The van der Waals surface area contributed by atoms with E-state index in [1.54, 1.807) is 19.3 Å². The normalized spacial score (nSPS) is 20.8. The number of carboxylic acid groups (broad SMARTS) is 1. The highest BCUT2D eigenvalue weighted by Crippen LogP contribution is 2.36. The van der Waals surface area contributed by atoms with Crippen molar-refractivity contribution in [2.24, 2.45) is 5.41 Å². The van der Waals surface area contributed by atoms with Crippen LogP contribution in [-0.2, 0) is 0 Å². The monoisotopic (exact) mass is 334 g/mol. The molecule has 2 N–H and O–H groups in total. The molecule has 2 amide bonds. The SMILES string of the molecule is CNC(=O)c1ccc(N(C)[C@@H]2CCN(C(=O)O)C2C(C)(C)C)cn1. The van der Waals surface area contributed by atoms with Crippen molar-refractivity contribution in [2.75, 3.05) is 25.5 Å². The number of amides is 2. The van der Waals surface area contributed by atoms with Gasteiger partial charge in [0.2, 0.25) is 0 Å². The molecule has 132 valence electrons. The summed E-state index contributed by atoms with van der Waals surface area (Å²) in [7, 11) is 3.52. The van der Waals surface area contributed by atoms with Crippen molar-refractivity contribution in [3.05, 3.63) is 24.0 Å². The van der Waals surface area contributed by atoms with Gasteiger partial charge in [-0.25, -0.2) is 9.78 Å². The van der Waals surface area contributed by atoms with Gasteiger partial charge >= 0.3 is 6.09 Å². The quantitative estimate of drug-likeness (QED) is 0.883. The molecule has 2 atom stereocenters. The fourth-order valence-corrected chi connectivity index (χ4v) is 3.49. The van der Waals surface area contributed by atoms with E-state index in [0.29, 0.717) is 12.2 Å². The molecule has 1 fully saturated rings. The average molecular weight is 334 g/mol. The first-order valence-corrected chi connectivity index (χ1v) is 8.07. The van der Waals surface area contributed by atoms with E-state index in [2.05, 4.69) is 36.0 Å². The smallest absolute Gasteiger partial charge is 0.407 e. The zero-order valence-electron chi connectivity index (χ0n) is 14.9. The second-order valence-electron chi connectivity index (χ2n) is 7.23. The van der Waals surface area contributed by atoms with Crippen molar-refractivity contribution in [3.63, 3.8) is 0 Å². The number of pyridine rings is 1. The molecule has 1 aliphatic heterocycles. The van der Waals surface area contributed by atoms with Crippen LogP contribution >= 0.6 is 0 Å². The van der Waals surface area contributed by atoms with Crippen LogP contribution in [0.15, 0.2) is 18.3 Å². The Morgan fingerprint density at radius 3 is 2.50 bits per heavy atom. The third-order valence-corrected chi connectivity index (χ3v) is 4.61. The van der Waals surface area contributed by atoms with Crippen LogP contribution in [-0.4, -0.2) is 59.7 Å². The molecular weight excluding hydrogens is 308 g/mol. The Bertz CT molecular complexity index is 609. The highest BCUT2D eigenvalue weighted by Gasteiger charge is 2.45. The van der Waals surface area contributed by atoms with Gasteiger partial charge in [0, 0.05) is 20.6 Å². The summed E-state index contributed by atoms with van der Waals surface area (Å²) in [6, 6.07) is 3.48. The molecule has 1 saturated heterocycles. The van der Waals surface area contributed by atoms with Crippen molar-refractivity contribution in [2.45, 2.75) is 39.3 Å². The van der Waals surface area contributed by atoms with Gasteiger partial charge < -0.3 is 20.2 Å². The molecule has 0 bridgehead atoms. The first-order chi connectivity index (χ1) is 11.2. The number of likely N-dealkylation sites (N-methyl/N-ethyl adjacent to an activating group) is 1. The summed E-state index contributed by atoms with van der Waals surface area (Å²) in [5, 5.41) is 12.0. The minimum Gasteiger partial charge on any atom is -0.465 e. The van der Waals surface area contributed by atoms with Gasteiger partial charge in [-0.15, -0.1) is 0 Å². The Labute approximate surface area is 142 Å². The maximum absolute atomic E-state index is 11.6. The van der Waals surface area contributed by atoms with Gasteiger partial charge in [-0.2, -0.15) is 0 Å². The molecule has 0 saturated carbocycles. The molecule has 0 spiro atoms. The van der Waals surface area contributed by atoms with Gasteiger partial charge in [0.05, 0.1) is 24.0 Å². The lowest BCUT2D eigenvalue weighted by atomic mass is 9.82. The van der Waals surface area contributed by atoms with Crippen molar-refractivity contribution in [1.29, 1.82) is 0 Å². The van der Waals surface area contributed by atoms with Crippen LogP contribution in [0, 0.1) is 5.41 Å². The summed E-state index contributed by atoms with van der Waals surface area (Å²) in [5.41, 5.74) is 1.05. The van der Waals surface area contributed by atoms with E-state index >= 15 is 0 Å². The van der Waals surface area contributed by atoms with Gasteiger partial charge in [-0.1, -0.05) is 20.8 Å². The summed E-state index contributed by atoms with van der Waals surface area (Å²) in [4.78, 5) is 31.0. The Morgan fingerprint density at radius 2 is 2.04 bits per heavy atom. The molecule has 1 aliphatic rings. The first-order valence-electron chi connectivity index (χ1n) is 8.07. The maximum Gasteiger partial charge on any atom is 0.407 e. The average Bonchev–Trinajstić information content (AvgIpc) is 2.99. The zero-order valence-corrected chi connectivity index (χ0v) is 14.9. The van der Waals surface area contributed by atoms with Gasteiger partial charge in [-0.05, 0) is 24.0 Å². The number of carbonyl (C=O) groups excluding carboxylic acids is 1. The number of nitrogens with one attached hydrogen (secondary N) is 1. The molecule has 0 aliphatic carbocycles. The highest BCUT2D eigenvalue weighted by atomic mass is 16.4. The zero-order chi connectivity index (χ0) is 18.1. The number of likely N-dealkylation sites (tertiary alicyclic amines) is 1. The minimum atomic E-state index is -0.876. The van der Waals surface area contributed by atoms with Crippen LogP contribution in [0.2, 0.25) is 0 Å². The minimum absolute atomic E-state index is 0.0637. The third-order valence-electron chi connectivity index (χ3n) is 4.61. The predicted molar refractivity (Wildman–Crippen MR) is 92.4 cm³/mol. The highest BCUT2D eigenvalue weighted by molar-refractivity contribution is 5.92.